The van der Waals surface area contributed by atoms with Crippen molar-refractivity contribution in [2.45, 2.75) is 6.92 Å². The van der Waals surface area contributed by atoms with Crippen LogP contribution in [0.15, 0.2) is 16.6 Å². The maximum atomic E-state index is 10.4. The Morgan fingerprint density at radius 1 is 1.58 bits per heavy atom. The van der Waals surface area contributed by atoms with Crippen molar-refractivity contribution in [3.63, 3.8) is 0 Å². The molecule has 12 heavy (non-hydrogen) atoms. The molecule has 5 heteroatoms. The van der Waals surface area contributed by atoms with Gasteiger partial charge < -0.3 is 5.73 Å². The van der Waals surface area contributed by atoms with Crippen LogP contribution in [-0.4, -0.2) is 4.92 Å². The van der Waals surface area contributed by atoms with Gasteiger partial charge >= 0.3 is 0 Å². The summed E-state index contributed by atoms with van der Waals surface area (Å²) in [6.45, 7) is 1.82. The first-order valence-corrected chi connectivity index (χ1v) is 4.01. The molecule has 0 unspecified atom stereocenters. The number of nitrogens with zero attached hydrogens (tertiary/aromatic N) is 1. The molecule has 1 rings (SSSR count). The van der Waals surface area contributed by atoms with Gasteiger partial charge in [-0.3, -0.25) is 10.1 Å². The molecule has 0 heterocycles. The topological polar surface area (TPSA) is 69.2 Å². The second-order valence-corrected chi connectivity index (χ2v) is 3.27. The molecule has 1 aromatic rings. The van der Waals surface area contributed by atoms with Crippen LogP contribution < -0.4 is 5.73 Å². The Balaban J connectivity index is 3.33. The second-order valence-electron chi connectivity index (χ2n) is 2.42. The van der Waals surface area contributed by atoms with E-state index in [1.807, 2.05) is 6.92 Å². The van der Waals surface area contributed by atoms with Gasteiger partial charge in [-0.1, -0.05) is 15.9 Å². The number of nitro groups is 1. The Kier molecular flexibility index (Phi) is 2.32. The maximum absolute atomic E-state index is 10.4. The van der Waals surface area contributed by atoms with E-state index in [-0.39, 0.29) is 11.4 Å². The fourth-order valence-electron chi connectivity index (χ4n) is 0.851. The van der Waals surface area contributed by atoms with E-state index in [0.29, 0.717) is 4.47 Å². The highest BCUT2D eigenvalue weighted by Gasteiger charge is 2.12. The summed E-state index contributed by atoms with van der Waals surface area (Å²) < 4.78 is 0.698. The van der Waals surface area contributed by atoms with Crippen molar-refractivity contribution in [2.24, 2.45) is 0 Å². The Bertz CT molecular complexity index is 338. The number of rotatable bonds is 1. The summed E-state index contributed by atoms with van der Waals surface area (Å²) in [6.07, 6.45) is 0. The zero-order valence-corrected chi connectivity index (χ0v) is 7.96. The molecule has 0 fully saturated rings. The Labute approximate surface area is 77.7 Å². The Morgan fingerprint density at radius 3 is 2.67 bits per heavy atom. The number of anilines is 1. The lowest BCUT2D eigenvalue weighted by atomic mass is 10.2. The minimum atomic E-state index is -0.500. The largest absolute Gasteiger partial charge is 0.393 e. The molecule has 0 radical (unpaired) electrons. The average Bonchev–Trinajstić information content (AvgIpc) is 1.96. The van der Waals surface area contributed by atoms with Crippen LogP contribution in [0.25, 0.3) is 0 Å². The van der Waals surface area contributed by atoms with Crippen LogP contribution in [0.2, 0.25) is 0 Å². The van der Waals surface area contributed by atoms with Gasteiger partial charge in [-0.05, 0) is 18.6 Å². The highest BCUT2D eigenvalue weighted by atomic mass is 79.9. The average molecular weight is 231 g/mol. The van der Waals surface area contributed by atoms with Gasteiger partial charge in [-0.25, -0.2) is 0 Å². The van der Waals surface area contributed by atoms with Crippen molar-refractivity contribution in [3.05, 3.63) is 32.3 Å². The van der Waals surface area contributed by atoms with Gasteiger partial charge in [0.1, 0.15) is 5.69 Å². The van der Waals surface area contributed by atoms with E-state index in [0.717, 1.165) is 5.56 Å². The van der Waals surface area contributed by atoms with E-state index in [9.17, 15) is 10.1 Å². The van der Waals surface area contributed by atoms with E-state index in [1.54, 1.807) is 6.07 Å². The van der Waals surface area contributed by atoms with Gasteiger partial charge in [0.2, 0.25) is 0 Å². The highest BCUT2D eigenvalue weighted by molar-refractivity contribution is 9.10. The molecule has 0 aliphatic heterocycles. The molecular formula is C7H7BrN2O2. The fraction of sp³-hybridized carbons (Fsp3) is 0.143. The van der Waals surface area contributed by atoms with Crippen molar-refractivity contribution < 1.29 is 4.92 Å². The molecule has 0 saturated carbocycles. The van der Waals surface area contributed by atoms with Crippen molar-refractivity contribution in [1.82, 2.24) is 0 Å². The molecular weight excluding hydrogens is 224 g/mol. The minimum absolute atomic E-state index is 0.0625. The second kappa shape index (κ2) is 3.10. The van der Waals surface area contributed by atoms with E-state index >= 15 is 0 Å². The van der Waals surface area contributed by atoms with Gasteiger partial charge in [-0.15, -0.1) is 0 Å². The zero-order chi connectivity index (χ0) is 9.30. The van der Waals surface area contributed by atoms with Crippen LogP contribution in [0.1, 0.15) is 5.56 Å². The smallest absolute Gasteiger partial charge is 0.293 e. The highest BCUT2D eigenvalue weighted by Crippen LogP contribution is 2.28. The number of nitrogen functional groups attached to an aromatic ring is 1. The molecule has 0 amide bonds. The van der Waals surface area contributed by atoms with E-state index < -0.39 is 4.92 Å². The first-order chi connectivity index (χ1) is 5.52. The molecule has 0 atom stereocenters. The summed E-state index contributed by atoms with van der Waals surface area (Å²) >= 11 is 3.19. The van der Waals surface area contributed by atoms with E-state index in [4.69, 9.17) is 5.73 Å². The number of aryl methyl sites for hydroxylation is 1. The third kappa shape index (κ3) is 1.55. The minimum Gasteiger partial charge on any atom is -0.393 e. The molecule has 0 saturated heterocycles. The van der Waals surface area contributed by atoms with Gasteiger partial charge in [0.15, 0.2) is 0 Å². The molecule has 4 nitrogen and oxygen atoms in total. The predicted octanol–water partition coefficient (Wildman–Crippen LogP) is 2.25. The van der Waals surface area contributed by atoms with Crippen molar-refractivity contribution in [2.75, 3.05) is 5.73 Å². The maximum Gasteiger partial charge on any atom is 0.293 e. The standard InChI is InChI=1S/C7H7BrN2O2/c1-4-2-6(9)7(10(11)12)3-5(4)8/h2-3H,9H2,1H3. The van der Waals surface area contributed by atoms with Crippen LogP contribution in [0.5, 0.6) is 0 Å². The zero-order valence-electron chi connectivity index (χ0n) is 6.37. The summed E-state index contributed by atoms with van der Waals surface area (Å²) in [5.74, 6) is 0. The molecule has 0 bridgehead atoms. The normalized spacial score (nSPS) is 9.83. The van der Waals surface area contributed by atoms with E-state index in [2.05, 4.69) is 15.9 Å². The third-order valence-corrected chi connectivity index (χ3v) is 2.36. The van der Waals surface area contributed by atoms with Gasteiger partial charge in [0.25, 0.3) is 5.69 Å². The summed E-state index contributed by atoms with van der Waals surface area (Å²) in [5.41, 5.74) is 6.45. The number of nitro benzene ring substituents is 1. The first-order valence-electron chi connectivity index (χ1n) is 3.22. The SMILES string of the molecule is Cc1cc(N)c([N+](=O)[O-])cc1Br. The van der Waals surface area contributed by atoms with Crippen molar-refractivity contribution in [3.8, 4) is 0 Å². The Hall–Kier alpha value is -1.10. The summed E-state index contributed by atoms with van der Waals surface area (Å²) in [6, 6.07) is 2.98. The van der Waals surface area contributed by atoms with Crippen molar-refractivity contribution in [1.29, 1.82) is 0 Å². The molecule has 0 aromatic heterocycles. The molecule has 0 aliphatic carbocycles. The van der Waals surface area contributed by atoms with Crippen LogP contribution in [0.3, 0.4) is 0 Å². The number of hydrogen-bond donors (Lipinski definition) is 1. The van der Waals surface area contributed by atoms with Crippen LogP contribution in [0, 0.1) is 17.0 Å². The first kappa shape index (κ1) is 8.99. The molecule has 0 spiro atoms. The van der Waals surface area contributed by atoms with Crippen LogP contribution in [0.4, 0.5) is 11.4 Å². The molecule has 0 aliphatic rings. The number of benzene rings is 1. The molecule has 1 aromatic carbocycles. The van der Waals surface area contributed by atoms with Crippen LogP contribution in [-0.2, 0) is 0 Å². The summed E-state index contributed by atoms with van der Waals surface area (Å²) in [7, 11) is 0. The lowest BCUT2D eigenvalue weighted by Crippen LogP contribution is -1.96. The lowest BCUT2D eigenvalue weighted by Gasteiger charge is -2.00. The number of hydrogen-bond acceptors (Lipinski definition) is 3. The Morgan fingerprint density at radius 2 is 2.17 bits per heavy atom. The predicted molar refractivity (Wildman–Crippen MR) is 49.9 cm³/mol. The fourth-order valence-corrected chi connectivity index (χ4v) is 1.18. The molecule has 2 N–H and O–H groups in total. The summed E-state index contributed by atoms with van der Waals surface area (Å²) in [5, 5.41) is 10.4. The number of halogens is 1. The van der Waals surface area contributed by atoms with Crippen molar-refractivity contribution >= 4 is 27.3 Å². The summed E-state index contributed by atoms with van der Waals surface area (Å²) in [4.78, 5) is 9.89. The monoisotopic (exact) mass is 230 g/mol. The lowest BCUT2D eigenvalue weighted by molar-refractivity contribution is -0.384. The third-order valence-electron chi connectivity index (χ3n) is 1.50. The van der Waals surface area contributed by atoms with Crippen LogP contribution >= 0.6 is 15.9 Å². The quantitative estimate of drug-likeness (QED) is 0.457. The van der Waals surface area contributed by atoms with E-state index in [1.165, 1.54) is 6.07 Å². The van der Waals surface area contributed by atoms with Gasteiger partial charge in [0, 0.05) is 10.5 Å². The molecule has 64 valence electrons. The van der Waals surface area contributed by atoms with Gasteiger partial charge in [0.05, 0.1) is 4.92 Å². The van der Waals surface area contributed by atoms with Gasteiger partial charge in [-0.2, -0.15) is 0 Å². The number of nitrogens with two attached hydrogens (primary N) is 1.